The monoisotopic (exact) mass is 234 g/mol. The van der Waals surface area contributed by atoms with E-state index in [1.165, 1.54) is 0 Å². The third-order valence-electron chi connectivity index (χ3n) is 3.08. The number of hydrogen-bond acceptors (Lipinski definition) is 3. The van der Waals surface area contributed by atoms with Gasteiger partial charge in [-0.3, -0.25) is 4.79 Å². The number of carbonyl (C=O) groups is 1. The number of hydrogen-bond donors (Lipinski definition) is 1. The lowest BCUT2D eigenvalue weighted by molar-refractivity contribution is -0.0370. The largest absolute Gasteiger partial charge is 0.398 e. The number of morpholine rings is 1. The molecule has 1 fully saturated rings. The van der Waals surface area contributed by atoms with Crippen LogP contribution in [0.3, 0.4) is 0 Å². The van der Waals surface area contributed by atoms with Gasteiger partial charge in [0.25, 0.3) is 5.91 Å². The van der Waals surface area contributed by atoms with Crippen molar-refractivity contribution in [3.63, 3.8) is 0 Å². The number of amides is 1. The Bertz CT molecular complexity index is 429. The molecule has 4 nitrogen and oxygen atoms in total. The van der Waals surface area contributed by atoms with Crippen LogP contribution in [0.4, 0.5) is 5.69 Å². The molecular formula is C13H18N2O2. The summed E-state index contributed by atoms with van der Waals surface area (Å²) in [5.41, 5.74) is 6.66. The van der Waals surface area contributed by atoms with Crippen LogP contribution in [0.25, 0.3) is 0 Å². The number of anilines is 1. The van der Waals surface area contributed by atoms with Crippen LogP contribution in [0, 0.1) is 0 Å². The Morgan fingerprint density at radius 1 is 1.41 bits per heavy atom. The first-order valence-corrected chi connectivity index (χ1v) is 5.76. The maximum atomic E-state index is 12.4. The lowest BCUT2D eigenvalue weighted by Gasteiger charge is -2.42. The zero-order valence-electron chi connectivity index (χ0n) is 10.3. The van der Waals surface area contributed by atoms with Gasteiger partial charge in [-0.25, -0.2) is 0 Å². The molecule has 0 radical (unpaired) electrons. The number of para-hydroxylation sites is 1. The summed E-state index contributed by atoms with van der Waals surface area (Å²) in [4.78, 5) is 14.3. The van der Waals surface area contributed by atoms with Crippen LogP contribution < -0.4 is 5.73 Å². The Hall–Kier alpha value is -1.55. The molecule has 1 heterocycles. The fraction of sp³-hybridized carbons (Fsp3) is 0.462. The summed E-state index contributed by atoms with van der Waals surface area (Å²) in [5.74, 6) is -0.0172. The van der Waals surface area contributed by atoms with Crippen molar-refractivity contribution in [2.45, 2.75) is 19.4 Å². The van der Waals surface area contributed by atoms with E-state index >= 15 is 0 Å². The van der Waals surface area contributed by atoms with E-state index in [1.54, 1.807) is 12.1 Å². The third kappa shape index (κ3) is 2.26. The quantitative estimate of drug-likeness (QED) is 0.749. The van der Waals surface area contributed by atoms with Crippen LogP contribution in [0.15, 0.2) is 24.3 Å². The molecule has 1 saturated heterocycles. The van der Waals surface area contributed by atoms with E-state index in [-0.39, 0.29) is 11.4 Å². The van der Waals surface area contributed by atoms with E-state index in [4.69, 9.17) is 10.5 Å². The molecule has 0 bridgehead atoms. The number of nitrogen functional groups attached to an aromatic ring is 1. The van der Waals surface area contributed by atoms with Gasteiger partial charge >= 0.3 is 0 Å². The fourth-order valence-electron chi connectivity index (χ4n) is 2.07. The molecule has 0 spiro atoms. The highest BCUT2D eigenvalue weighted by Gasteiger charge is 2.34. The Balaban J connectivity index is 2.28. The van der Waals surface area contributed by atoms with Crippen LogP contribution in [0.2, 0.25) is 0 Å². The van der Waals surface area contributed by atoms with Crippen molar-refractivity contribution in [3.05, 3.63) is 29.8 Å². The molecular weight excluding hydrogens is 216 g/mol. The van der Waals surface area contributed by atoms with Crippen molar-refractivity contribution < 1.29 is 9.53 Å². The molecule has 17 heavy (non-hydrogen) atoms. The standard InChI is InChI=1S/C13H18N2O2/c1-13(2)9-17-8-7-15(13)12(16)10-5-3-4-6-11(10)14/h3-6H,7-9,14H2,1-2H3. The summed E-state index contributed by atoms with van der Waals surface area (Å²) >= 11 is 0. The molecule has 0 aliphatic carbocycles. The predicted molar refractivity (Wildman–Crippen MR) is 66.8 cm³/mol. The van der Waals surface area contributed by atoms with Crippen molar-refractivity contribution >= 4 is 11.6 Å². The van der Waals surface area contributed by atoms with Gasteiger partial charge in [0.2, 0.25) is 0 Å². The summed E-state index contributed by atoms with van der Waals surface area (Å²) in [6.45, 7) is 5.76. The van der Waals surface area contributed by atoms with E-state index in [0.29, 0.717) is 31.0 Å². The second kappa shape index (κ2) is 4.37. The highest BCUT2D eigenvalue weighted by atomic mass is 16.5. The Morgan fingerprint density at radius 2 is 2.12 bits per heavy atom. The van der Waals surface area contributed by atoms with Gasteiger partial charge in [-0.05, 0) is 26.0 Å². The summed E-state index contributed by atoms with van der Waals surface area (Å²) < 4.78 is 5.41. The summed E-state index contributed by atoms with van der Waals surface area (Å²) in [6, 6.07) is 7.18. The number of benzene rings is 1. The molecule has 2 rings (SSSR count). The summed E-state index contributed by atoms with van der Waals surface area (Å²) in [6.07, 6.45) is 0. The van der Waals surface area contributed by atoms with Gasteiger partial charge in [0, 0.05) is 12.2 Å². The SMILES string of the molecule is CC1(C)COCCN1C(=O)c1ccccc1N. The average Bonchev–Trinajstić information content (AvgIpc) is 2.28. The first-order valence-electron chi connectivity index (χ1n) is 5.76. The summed E-state index contributed by atoms with van der Waals surface area (Å²) in [5, 5.41) is 0. The third-order valence-corrected chi connectivity index (χ3v) is 3.08. The number of nitrogens with zero attached hydrogens (tertiary/aromatic N) is 1. The molecule has 0 atom stereocenters. The molecule has 1 aliphatic rings. The zero-order chi connectivity index (χ0) is 12.5. The number of ether oxygens (including phenoxy) is 1. The van der Waals surface area contributed by atoms with E-state index in [1.807, 2.05) is 30.9 Å². The molecule has 0 saturated carbocycles. The second-order valence-electron chi connectivity index (χ2n) is 4.91. The van der Waals surface area contributed by atoms with Crippen LogP contribution >= 0.6 is 0 Å². The normalized spacial score (nSPS) is 19.1. The van der Waals surface area contributed by atoms with Crippen LogP contribution in [-0.2, 0) is 4.74 Å². The van der Waals surface area contributed by atoms with Crippen LogP contribution in [-0.4, -0.2) is 36.1 Å². The van der Waals surface area contributed by atoms with Gasteiger partial charge in [-0.15, -0.1) is 0 Å². The molecule has 0 aromatic heterocycles. The Morgan fingerprint density at radius 3 is 2.76 bits per heavy atom. The number of nitrogens with two attached hydrogens (primary N) is 1. The fourth-order valence-corrected chi connectivity index (χ4v) is 2.07. The van der Waals surface area contributed by atoms with Gasteiger partial charge in [0.15, 0.2) is 0 Å². The molecule has 1 amide bonds. The van der Waals surface area contributed by atoms with E-state index in [0.717, 1.165) is 0 Å². The van der Waals surface area contributed by atoms with E-state index in [2.05, 4.69) is 0 Å². The van der Waals surface area contributed by atoms with Gasteiger partial charge < -0.3 is 15.4 Å². The molecule has 1 aliphatic heterocycles. The zero-order valence-corrected chi connectivity index (χ0v) is 10.3. The minimum Gasteiger partial charge on any atom is -0.398 e. The smallest absolute Gasteiger partial charge is 0.256 e. The molecule has 1 aromatic rings. The molecule has 1 aromatic carbocycles. The van der Waals surface area contributed by atoms with Gasteiger partial charge in [-0.1, -0.05) is 12.1 Å². The van der Waals surface area contributed by atoms with E-state index in [9.17, 15) is 4.79 Å². The Labute approximate surface area is 101 Å². The van der Waals surface area contributed by atoms with Crippen LogP contribution in [0.5, 0.6) is 0 Å². The minimum atomic E-state index is -0.280. The van der Waals surface area contributed by atoms with Crippen molar-refractivity contribution in [3.8, 4) is 0 Å². The topological polar surface area (TPSA) is 55.6 Å². The molecule has 2 N–H and O–H groups in total. The van der Waals surface area contributed by atoms with Crippen LogP contribution in [0.1, 0.15) is 24.2 Å². The second-order valence-corrected chi connectivity index (χ2v) is 4.91. The van der Waals surface area contributed by atoms with Gasteiger partial charge in [0.1, 0.15) is 0 Å². The maximum absolute atomic E-state index is 12.4. The van der Waals surface area contributed by atoms with Gasteiger partial charge in [0.05, 0.1) is 24.3 Å². The van der Waals surface area contributed by atoms with E-state index < -0.39 is 0 Å². The van der Waals surface area contributed by atoms with Gasteiger partial charge in [-0.2, -0.15) is 0 Å². The molecule has 4 heteroatoms. The molecule has 0 unspecified atom stereocenters. The maximum Gasteiger partial charge on any atom is 0.256 e. The number of carbonyl (C=O) groups excluding carboxylic acids is 1. The van der Waals surface area contributed by atoms with Crippen molar-refractivity contribution in [2.75, 3.05) is 25.5 Å². The summed E-state index contributed by atoms with van der Waals surface area (Å²) in [7, 11) is 0. The average molecular weight is 234 g/mol. The highest BCUT2D eigenvalue weighted by molar-refractivity contribution is 5.99. The lowest BCUT2D eigenvalue weighted by atomic mass is 10.0. The first kappa shape index (κ1) is 11.9. The first-order chi connectivity index (χ1) is 8.02. The van der Waals surface area contributed by atoms with Crippen molar-refractivity contribution in [2.24, 2.45) is 0 Å². The van der Waals surface area contributed by atoms with Crippen molar-refractivity contribution in [1.82, 2.24) is 4.90 Å². The molecule has 92 valence electrons. The number of rotatable bonds is 1. The lowest BCUT2D eigenvalue weighted by Crippen LogP contribution is -2.55. The predicted octanol–water partition coefficient (Wildman–Crippen LogP) is 1.52. The highest BCUT2D eigenvalue weighted by Crippen LogP contribution is 2.23. The van der Waals surface area contributed by atoms with Crippen molar-refractivity contribution in [1.29, 1.82) is 0 Å². The Kier molecular flexibility index (Phi) is 3.07. The minimum absolute atomic E-state index is 0.0172.